The van der Waals surface area contributed by atoms with Crippen molar-refractivity contribution in [1.82, 2.24) is 20.4 Å². The number of hydrogen-bond acceptors (Lipinski definition) is 9. The number of amides is 1. The summed E-state index contributed by atoms with van der Waals surface area (Å²) in [7, 11) is 0. The van der Waals surface area contributed by atoms with E-state index in [1.54, 1.807) is 0 Å². The maximum atomic E-state index is 12.3. The van der Waals surface area contributed by atoms with Gasteiger partial charge in [-0.05, 0) is 43.7 Å². The fourth-order valence-corrected chi connectivity index (χ4v) is 4.57. The van der Waals surface area contributed by atoms with Gasteiger partial charge in [0.1, 0.15) is 6.17 Å². The van der Waals surface area contributed by atoms with E-state index in [9.17, 15) is 4.79 Å². The van der Waals surface area contributed by atoms with E-state index >= 15 is 0 Å². The van der Waals surface area contributed by atoms with E-state index in [0.717, 1.165) is 77.7 Å². The molecule has 1 aromatic carbocycles. The normalized spacial score (nSPS) is 28.0. The van der Waals surface area contributed by atoms with Crippen LogP contribution in [0.5, 0.6) is 0 Å². The van der Waals surface area contributed by atoms with Crippen LogP contribution in [0.3, 0.4) is 0 Å². The van der Waals surface area contributed by atoms with Gasteiger partial charge >= 0.3 is 0 Å². The fraction of sp³-hybridized carbons (Fsp3) is 0.652. The molecule has 1 unspecified atom stereocenters. The third kappa shape index (κ3) is 7.04. The third-order valence-electron chi connectivity index (χ3n) is 6.38. The standard InChI is InChI=1S/C23H38N8O2/c1-18-25-5-2-6-26-22(32)17-30-9-7-29(8-10-30)16-19-15-20(28-23(24)27-18)3-4-21(19)31-11-13-33-14-12-31/h3-4,15,18,25H,2,5-14,16-17H2,1H3,(H,26,32)(H3,24,27,28). The number of carbonyl (C=O) groups excluding carboxylic acids is 1. The van der Waals surface area contributed by atoms with E-state index in [-0.39, 0.29) is 12.1 Å². The van der Waals surface area contributed by atoms with Gasteiger partial charge in [-0.1, -0.05) is 0 Å². The van der Waals surface area contributed by atoms with Crippen molar-refractivity contribution in [3.05, 3.63) is 23.8 Å². The van der Waals surface area contributed by atoms with Crippen LogP contribution in [0.4, 0.5) is 11.4 Å². The molecule has 5 N–H and O–H groups in total. The minimum atomic E-state index is -0.115. The lowest BCUT2D eigenvalue weighted by Crippen LogP contribution is -2.49. The van der Waals surface area contributed by atoms with E-state index in [0.29, 0.717) is 19.0 Å². The Morgan fingerprint density at radius 3 is 2.52 bits per heavy atom. The van der Waals surface area contributed by atoms with Crippen molar-refractivity contribution in [2.24, 2.45) is 10.7 Å². The first-order chi connectivity index (χ1) is 16.1. The fourth-order valence-electron chi connectivity index (χ4n) is 4.57. The predicted molar refractivity (Wildman–Crippen MR) is 132 cm³/mol. The van der Waals surface area contributed by atoms with Crippen LogP contribution >= 0.6 is 0 Å². The van der Waals surface area contributed by atoms with Gasteiger partial charge in [0, 0.05) is 63.7 Å². The van der Waals surface area contributed by atoms with Gasteiger partial charge in [-0.15, -0.1) is 0 Å². The number of anilines is 2. The van der Waals surface area contributed by atoms with Crippen LogP contribution < -0.4 is 26.6 Å². The van der Waals surface area contributed by atoms with Crippen LogP contribution in [-0.4, -0.2) is 99.9 Å². The number of carbonyl (C=O) groups is 1. The van der Waals surface area contributed by atoms with Gasteiger partial charge in [0.15, 0.2) is 5.96 Å². The van der Waals surface area contributed by atoms with Crippen LogP contribution in [0.1, 0.15) is 18.9 Å². The zero-order valence-corrected chi connectivity index (χ0v) is 19.7. The second-order valence-corrected chi connectivity index (χ2v) is 8.97. The molecule has 0 radical (unpaired) electrons. The Balaban J connectivity index is 1.54. The van der Waals surface area contributed by atoms with Crippen LogP contribution in [-0.2, 0) is 16.1 Å². The average molecular weight is 459 g/mol. The van der Waals surface area contributed by atoms with Gasteiger partial charge in [-0.25, -0.2) is 4.99 Å². The first-order valence-electron chi connectivity index (χ1n) is 12.1. The molecule has 2 saturated heterocycles. The van der Waals surface area contributed by atoms with Gasteiger partial charge in [-0.3, -0.25) is 19.9 Å². The molecule has 10 nitrogen and oxygen atoms in total. The monoisotopic (exact) mass is 458 g/mol. The largest absolute Gasteiger partial charge is 0.378 e. The van der Waals surface area contributed by atoms with Crippen LogP contribution in [0, 0.1) is 0 Å². The quantitative estimate of drug-likeness (QED) is 0.459. The minimum Gasteiger partial charge on any atom is -0.378 e. The first kappa shape index (κ1) is 23.7. The molecule has 0 saturated carbocycles. The first-order valence-corrected chi connectivity index (χ1v) is 12.1. The second kappa shape index (κ2) is 11.6. The Labute approximate surface area is 196 Å². The topological polar surface area (TPSA) is 110 Å². The summed E-state index contributed by atoms with van der Waals surface area (Å²) >= 11 is 0. The summed E-state index contributed by atoms with van der Waals surface area (Å²) < 4.78 is 5.56. The van der Waals surface area contributed by atoms with Crippen LogP contribution in [0.2, 0.25) is 0 Å². The number of nitrogens with two attached hydrogens (primary N) is 1. The number of hydrogen-bond donors (Lipinski definition) is 4. The molecule has 33 heavy (non-hydrogen) atoms. The molecule has 0 aromatic heterocycles. The summed E-state index contributed by atoms with van der Waals surface area (Å²) in [6, 6.07) is 6.45. The molecule has 1 atom stereocenters. The summed E-state index contributed by atoms with van der Waals surface area (Å²) in [6.45, 7) is 11.7. The number of piperazine rings is 1. The molecular weight excluding hydrogens is 420 g/mol. The highest BCUT2D eigenvalue weighted by Gasteiger charge is 2.22. The molecule has 10 heteroatoms. The molecular formula is C23H38N8O2. The lowest BCUT2D eigenvalue weighted by Gasteiger charge is -2.36. The smallest absolute Gasteiger partial charge is 0.234 e. The molecule has 0 spiro atoms. The number of benzene rings is 1. The number of guanidine groups is 1. The lowest BCUT2D eigenvalue weighted by molar-refractivity contribution is -0.122. The Bertz CT molecular complexity index is 819. The SMILES string of the molecule is CC1N=C(N)Nc2ccc(N3CCOCC3)c(c2)CN2CCN(CC2)CC(=O)NCCCN1. The molecule has 1 amide bonds. The summed E-state index contributed by atoms with van der Waals surface area (Å²) in [6.07, 6.45) is 0.731. The minimum absolute atomic E-state index is 0.100. The molecule has 4 aliphatic heterocycles. The van der Waals surface area contributed by atoms with Crippen molar-refractivity contribution in [2.75, 3.05) is 82.3 Å². The molecule has 4 heterocycles. The Kier molecular flexibility index (Phi) is 8.38. The lowest BCUT2D eigenvalue weighted by atomic mass is 10.1. The Morgan fingerprint density at radius 2 is 1.76 bits per heavy atom. The van der Waals surface area contributed by atoms with Gasteiger partial charge < -0.3 is 26.0 Å². The van der Waals surface area contributed by atoms with E-state index in [1.807, 2.05) is 6.92 Å². The third-order valence-corrected chi connectivity index (χ3v) is 6.38. The number of nitrogens with one attached hydrogen (secondary N) is 3. The van der Waals surface area contributed by atoms with Crippen molar-refractivity contribution < 1.29 is 9.53 Å². The molecule has 0 aliphatic carbocycles. The van der Waals surface area contributed by atoms with E-state index in [4.69, 9.17) is 10.5 Å². The van der Waals surface area contributed by atoms with Crippen LogP contribution in [0.25, 0.3) is 0 Å². The number of aliphatic imine (C=N–C) groups is 1. The van der Waals surface area contributed by atoms with Crippen molar-refractivity contribution in [3.63, 3.8) is 0 Å². The van der Waals surface area contributed by atoms with Gasteiger partial charge in [0.2, 0.25) is 5.91 Å². The molecule has 1 aromatic rings. The van der Waals surface area contributed by atoms with Gasteiger partial charge in [0.05, 0.1) is 19.8 Å². The Hall–Kier alpha value is -2.40. The number of morpholine rings is 1. The zero-order chi connectivity index (χ0) is 23.0. The molecule has 5 rings (SSSR count). The highest BCUT2D eigenvalue weighted by Crippen LogP contribution is 2.27. The summed E-state index contributed by atoms with van der Waals surface area (Å²) in [5, 5.41) is 9.63. The van der Waals surface area contributed by atoms with Crippen molar-refractivity contribution in [1.29, 1.82) is 0 Å². The molecule has 4 bridgehead atoms. The van der Waals surface area contributed by atoms with E-state index in [1.165, 1.54) is 11.3 Å². The highest BCUT2D eigenvalue weighted by molar-refractivity contribution is 5.92. The molecule has 182 valence electrons. The van der Waals surface area contributed by atoms with Gasteiger partial charge in [-0.2, -0.15) is 0 Å². The Morgan fingerprint density at radius 1 is 1.03 bits per heavy atom. The van der Waals surface area contributed by atoms with Crippen LogP contribution in [0.15, 0.2) is 23.2 Å². The number of rotatable bonds is 1. The zero-order valence-electron chi connectivity index (χ0n) is 19.7. The average Bonchev–Trinajstić information content (AvgIpc) is 2.80. The molecule has 4 aliphatic rings. The number of fused-ring (bicyclic) bond motifs is 11. The summed E-state index contributed by atoms with van der Waals surface area (Å²) in [5.74, 6) is 0.489. The summed E-state index contributed by atoms with van der Waals surface area (Å²) in [4.78, 5) is 23.9. The number of nitrogens with zero attached hydrogens (tertiary/aromatic N) is 4. The number of ether oxygens (including phenoxy) is 1. The van der Waals surface area contributed by atoms with Gasteiger partial charge in [0.25, 0.3) is 0 Å². The van der Waals surface area contributed by atoms with Crippen molar-refractivity contribution in [3.8, 4) is 0 Å². The molecule has 2 fully saturated rings. The second-order valence-electron chi connectivity index (χ2n) is 8.97. The predicted octanol–water partition coefficient (Wildman–Crippen LogP) is -0.177. The van der Waals surface area contributed by atoms with E-state index in [2.05, 4.69) is 53.8 Å². The maximum Gasteiger partial charge on any atom is 0.234 e. The van der Waals surface area contributed by atoms with Crippen molar-refractivity contribution >= 4 is 23.2 Å². The summed E-state index contributed by atoms with van der Waals surface area (Å²) in [5.41, 5.74) is 9.66. The highest BCUT2D eigenvalue weighted by atomic mass is 16.5. The van der Waals surface area contributed by atoms with Crippen molar-refractivity contribution in [2.45, 2.75) is 26.1 Å². The maximum absolute atomic E-state index is 12.3. The van der Waals surface area contributed by atoms with E-state index < -0.39 is 0 Å².